The van der Waals surface area contributed by atoms with Crippen LogP contribution in [0.2, 0.25) is 0 Å². The van der Waals surface area contributed by atoms with Gasteiger partial charge in [0.15, 0.2) is 0 Å². The number of nitrogens with one attached hydrogen (secondary N) is 2. The predicted molar refractivity (Wildman–Crippen MR) is 80.7 cm³/mol. The molecule has 0 spiro atoms. The maximum Gasteiger partial charge on any atom is 0.149 e. The first kappa shape index (κ1) is 15.4. The van der Waals surface area contributed by atoms with E-state index in [-0.39, 0.29) is 0 Å². The molecule has 3 nitrogen and oxygen atoms in total. The fourth-order valence-electron chi connectivity index (χ4n) is 0.836. The van der Waals surface area contributed by atoms with E-state index in [1.807, 2.05) is 0 Å². The molecule has 7 heteroatoms. The van der Waals surface area contributed by atoms with E-state index in [1.54, 1.807) is 11.9 Å². The summed E-state index contributed by atoms with van der Waals surface area (Å²) in [4.78, 5) is 0. The van der Waals surface area contributed by atoms with E-state index in [2.05, 4.69) is 41.4 Å². The Kier molecular flexibility index (Phi) is 9.93. The second kappa shape index (κ2) is 9.65. The zero-order chi connectivity index (χ0) is 11.7. The number of thiocarbonyl (C=S) groups is 2. The summed E-state index contributed by atoms with van der Waals surface area (Å²) in [5, 5.41) is 6.07. The molecule has 0 radical (unpaired) electrons. The zero-order valence-electron chi connectivity index (χ0n) is 8.95. The minimum Gasteiger partial charge on any atom is -0.369 e. The van der Waals surface area contributed by atoms with E-state index in [0.717, 1.165) is 30.5 Å². The summed E-state index contributed by atoms with van der Waals surface area (Å²) >= 11 is 15.5. The summed E-state index contributed by atoms with van der Waals surface area (Å²) in [5.74, 6) is 0. The van der Waals surface area contributed by atoms with Crippen LogP contribution >= 0.6 is 49.0 Å². The summed E-state index contributed by atoms with van der Waals surface area (Å²) in [6.45, 7) is 7.69. The molecule has 0 unspecified atom stereocenters. The molecule has 88 valence electrons. The Bertz CT molecular complexity index is 206. The van der Waals surface area contributed by atoms with Gasteiger partial charge in [-0.2, -0.15) is 0 Å². The largest absolute Gasteiger partial charge is 0.369 e. The molecule has 0 aromatic heterocycles. The van der Waals surface area contributed by atoms with Crippen LogP contribution in [0, 0.1) is 0 Å². The van der Waals surface area contributed by atoms with Crippen LogP contribution in [0.15, 0.2) is 0 Å². The van der Waals surface area contributed by atoms with Gasteiger partial charge in [-0.05, 0) is 11.9 Å². The summed E-state index contributed by atoms with van der Waals surface area (Å²) in [6.07, 6.45) is 0. The Morgan fingerprint density at radius 2 is 1.73 bits per heavy atom. The normalized spacial score (nSPS) is 10.1. The number of thiol groups is 1. The van der Waals surface area contributed by atoms with Gasteiger partial charge in [-0.3, -0.25) is 0 Å². The molecule has 0 rings (SSSR count). The molecule has 0 bridgehead atoms. The quantitative estimate of drug-likeness (QED) is 0.297. The first-order chi connectivity index (χ1) is 7.10. The molecule has 2 N–H and O–H groups in total. The van der Waals surface area contributed by atoms with Gasteiger partial charge < -0.3 is 10.6 Å². The Balaban J connectivity index is 3.52. The van der Waals surface area contributed by atoms with Crippen LogP contribution in [-0.4, -0.2) is 39.1 Å². The van der Waals surface area contributed by atoms with E-state index in [9.17, 15) is 0 Å². The Morgan fingerprint density at radius 3 is 2.20 bits per heavy atom. The van der Waals surface area contributed by atoms with Gasteiger partial charge in [-0.15, -0.1) is 12.6 Å². The van der Waals surface area contributed by atoms with Crippen molar-refractivity contribution >= 4 is 57.7 Å². The molecule has 0 saturated carbocycles. The average molecular weight is 284 g/mol. The molecular weight excluding hydrogens is 266 g/mol. The first-order valence-corrected chi connectivity index (χ1v) is 6.81. The molecule has 0 heterocycles. The Morgan fingerprint density at radius 1 is 1.20 bits per heavy atom. The highest BCUT2D eigenvalue weighted by atomic mass is 32.2. The van der Waals surface area contributed by atoms with Crippen LogP contribution in [0.3, 0.4) is 0 Å². The average Bonchev–Trinajstić information content (AvgIpc) is 2.20. The smallest absolute Gasteiger partial charge is 0.149 e. The third-order valence-corrected chi connectivity index (χ3v) is 3.34. The number of hydrogen-bond donors (Lipinski definition) is 3. The minimum absolute atomic E-state index is 0.513. The van der Waals surface area contributed by atoms with Gasteiger partial charge >= 0.3 is 0 Å². The van der Waals surface area contributed by atoms with Gasteiger partial charge in [0.2, 0.25) is 0 Å². The molecule has 0 aliphatic rings. The van der Waals surface area contributed by atoms with Crippen molar-refractivity contribution in [2.45, 2.75) is 13.8 Å². The second-order valence-corrected chi connectivity index (χ2v) is 5.58. The molecule has 0 saturated heterocycles. The highest BCUT2D eigenvalue weighted by Crippen LogP contribution is 2.09. The van der Waals surface area contributed by atoms with Crippen molar-refractivity contribution in [1.82, 2.24) is 14.9 Å². The lowest BCUT2D eigenvalue weighted by molar-refractivity contribution is 0.529. The molecule has 0 aliphatic heterocycles. The molecule has 0 aromatic carbocycles. The first-order valence-electron chi connectivity index (χ1n) is 4.77. The van der Waals surface area contributed by atoms with E-state index in [4.69, 9.17) is 24.4 Å². The van der Waals surface area contributed by atoms with Crippen LogP contribution < -0.4 is 10.6 Å². The maximum absolute atomic E-state index is 5.17. The number of hydrogen-bond acceptors (Lipinski definition) is 4. The lowest BCUT2D eigenvalue weighted by Gasteiger charge is -2.17. The summed E-state index contributed by atoms with van der Waals surface area (Å²) in [6, 6.07) is 0. The molecule has 0 fully saturated rings. The maximum atomic E-state index is 5.17. The van der Waals surface area contributed by atoms with Crippen molar-refractivity contribution in [3.05, 3.63) is 0 Å². The third kappa shape index (κ3) is 9.37. The van der Waals surface area contributed by atoms with E-state index in [0.29, 0.717) is 4.32 Å². The number of rotatable bonds is 6. The van der Waals surface area contributed by atoms with Gasteiger partial charge in [0.1, 0.15) is 8.64 Å². The second-order valence-electron chi connectivity index (χ2n) is 2.65. The fourth-order valence-corrected chi connectivity index (χ4v) is 2.13. The third-order valence-electron chi connectivity index (χ3n) is 1.59. The monoisotopic (exact) mass is 283 g/mol. The van der Waals surface area contributed by atoms with E-state index < -0.39 is 0 Å². The Hall–Kier alpha value is 0.440. The van der Waals surface area contributed by atoms with E-state index >= 15 is 0 Å². The zero-order valence-corrected chi connectivity index (χ0v) is 12.3. The summed E-state index contributed by atoms with van der Waals surface area (Å²) in [7, 11) is 0. The van der Waals surface area contributed by atoms with Crippen LogP contribution in [0.4, 0.5) is 0 Å². The van der Waals surface area contributed by atoms with Crippen molar-refractivity contribution in [3.63, 3.8) is 0 Å². The van der Waals surface area contributed by atoms with Crippen molar-refractivity contribution in [2.24, 2.45) is 0 Å². The van der Waals surface area contributed by atoms with Crippen molar-refractivity contribution in [2.75, 3.05) is 26.2 Å². The SMILES string of the molecule is CCN(CC)SC(=S)NCCNC(=S)S. The standard InChI is InChI=1S/C8H17N3S4/c1-3-11(4-2)15-8(14)10-6-5-9-7(12)13/h3-6H2,1-2H3,(H,10,14)(H2,9,12,13). The minimum atomic E-state index is 0.513. The number of nitrogens with zero attached hydrogens (tertiary/aromatic N) is 1. The highest BCUT2D eigenvalue weighted by molar-refractivity contribution is 8.21. The summed E-state index contributed by atoms with van der Waals surface area (Å²) in [5.41, 5.74) is 0. The predicted octanol–water partition coefficient (Wildman–Crippen LogP) is 1.66. The Labute approximate surface area is 112 Å². The van der Waals surface area contributed by atoms with E-state index in [1.165, 1.54) is 0 Å². The molecule has 0 aromatic rings. The molecule has 15 heavy (non-hydrogen) atoms. The van der Waals surface area contributed by atoms with Crippen LogP contribution in [0.25, 0.3) is 0 Å². The molecule has 0 atom stereocenters. The van der Waals surface area contributed by atoms with Gasteiger partial charge in [-0.25, -0.2) is 4.31 Å². The van der Waals surface area contributed by atoms with Crippen LogP contribution in [-0.2, 0) is 0 Å². The molecular formula is C8H17N3S4. The fraction of sp³-hybridized carbons (Fsp3) is 0.750. The lowest BCUT2D eigenvalue weighted by Crippen LogP contribution is -2.32. The van der Waals surface area contributed by atoms with Crippen LogP contribution in [0.1, 0.15) is 13.8 Å². The lowest BCUT2D eigenvalue weighted by atomic mass is 10.6. The van der Waals surface area contributed by atoms with Crippen molar-refractivity contribution in [3.8, 4) is 0 Å². The van der Waals surface area contributed by atoms with Gasteiger partial charge in [0, 0.05) is 26.2 Å². The molecule has 0 aliphatic carbocycles. The summed E-state index contributed by atoms with van der Waals surface area (Å²) < 4.78 is 3.50. The van der Waals surface area contributed by atoms with Crippen molar-refractivity contribution in [1.29, 1.82) is 0 Å². The van der Waals surface area contributed by atoms with Gasteiger partial charge in [-0.1, -0.05) is 38.3 Å². The van der Waals surface area contributed by atoms with Gasteiger partial charge in [0.25, 0.3) is 0 Å². The van der Waals surface area contributed by atoms with Gasteiger partial charge in [0.05, 0.1) is 0 Å². The molecule has 0 amide bonds. The topological polar surface area (TPSA) is 27.3 Å². The van der Waals surface area contributed by atoms with Crippen LogP contribution in [0.5, 0.6) is 0 Å². The van der Waals surface area contributed by atoms with Crippen molar-refractivity contribution < 1.29 is 0 Å². The highest BCUT2D eigenvalue weighted by Gasteiger charge is 2.03.